The number of hydrogen-bond donors (Lipinski definition) is 1. The van der Waals surface area contributed by atoms with Gasteiger partial charge in [-0.2, -0.15) is 0 Å². The van der Waals surface area contributed by atoms with Gasteiger partial charge in [-0.05, 0) is 39.5 Å². The predicted octanol–water partition coefficient (Wildman–Crippen LogP) is 1.30. The minimum atomic E-state index is 0.505. The molecule has 3 nitrogen and oxygen atoms in total. The highest BCUT2D eigenvalue weighted by atomic mass is 15.3. The maximum Gasteiger partial charge on any atom is 0.0312 e. The van der Waals surface area contributed by atoms with Gasteiger partial charge in [0.2, 0.25) is 0 Å². The molecule has 0 amide bonds. The maximum atomic E-state index is 3.87. The van der Waals surface area contributed by atoms with Crippen molar-refractivity contribution < 1.29 is 0 Å². The SMILES string of the molecule is CC(C)N1CCN(CC23CCC(CC2)N3)CC1. The second kappa shape index (κ2) is 4.52. The lowest BCUT2D eigenvalue weighted by Crippen LogP contribution is -2.55. The lowest BCUT2D eigenvalue weighted by atomic mass is 9.87. The third-order valence-electron chi connectivity index (χ3n) is 5.12. The van der Waals surface area contributed by atoms with Gasteiger partial charge in [0.1, 0.15) is 0 Å². The van der Waals surface area contributed by atoms with Gasteiger partial charge in [-0.25, -0.2) is 0 Å². The number of nitrogens with one attached hydrogen (secondary N) is 1. The second-order valence-corrected chi connectivity index (χ2v) is 6.60. The molecule has 3 aliphatic rings. The summed E-state index contributed by atoms with van der Waals surface area (Å²) in [4.78, 5) is 5.30. The van der Waals surface area contributed by atoms with Crippen LogP contribution >= 0.6 is 0 Å². The summed E-state index contributed by atoms with van der Waals surface area (Å²) in [7, 11) is 0. The molecular formula is C14H27N3. The highest BCUT2D eigenvalue weighted by Gasteiger charge is 2.45. The molecule has 3 fully saturated rings. The highest BCUT2D eigenvalue weighted by molar-refractivity contribution is 5.06. The molecule has 0 aromatic rings. The Morgan fingerprint density at radius 1 is 1.12 bits per heavy atom. The van der Waals surface area contributed by atoms with Crippen molar-refractivity contribution in [3.8, 4) is 0 Å². The summed E-state index contributed by atoms with van der Waals surface area (Å²) in [6, 6.07) is 1.57. The zero-order valence-electron chi connectivity index (χ0n) is 11.4. The Kier molecular flexibility index (Phi) is 3.18. The first kappa shape index (κ1) is 11.9. The molecular weight excluding hydrogens is 210 g/mol. The van der Waals surface area contributed by atoms with Crippen LogP contribution in [0.25, 0.3) is 0 Å². The van der Waals surface area contributed by atoms with Gasteiger partial charge in [0.15, 0.2) is 0 Å². The molecule has 3 rings (SSSR count). The van der Waals surface area contributed by atoms with E-state index in [0.29, 0.717) is 5.54 Å². The van der Waals surface area contributed by atoms with Crippen LogP contribution in [0.4, 0.5) is 0 Å². The van der Waals surface area contributed by atoms with Crippen LogP contribution in [-0.4, -0.2) is 60.1 Å². The van der Waals surface area contributed by atoms with Gasteiger partial charge in [-0.1, -0.05) is 0 Å². The maximum absolute atomic E-state index is 3.87. The van der Waals surface area contributed by atoms with Gasteiger partial charge in [-0.15, -0.1) is 0 Å². The van der Waals surface area contributed by atoms with Crippen LogP contribution in [-0.2, 0) is 0 Å². The first-order chi connectivity index (χ1) is 8.17. The van der Waals surface area contributed by atoms with E-state index in [4.69, 9.17) is 0 Å². The van der Waals surface area contributed by atoms with Crippen LogP contribution in [0, 0.1) is 0 Å². The van der Waals surface area contributed by atoms with E-state index in [1.165, 1.54) is 58.4 Å². The quantitative estimate of drug-likeness (QED) is 0.798. The Morgan fingerprint density at radius 3 is 2.24 bits per heavy atom. The third-order valence-corrected chi connectivity index (χ3v) is 5.12. The summed E-state index contributed by atoms with van der Waals surface area (Å²) >= 11 is 0. The number of nitrogens with zero attached hydrogens (tertiary/aromatic N) is 2. The number of hydrogen-bond acceptors (Lipinski definition) is 3. The summed E-state index contributed by atoms with van der Waals surface area (Å²) in [5.74, 6) is 0. The summed E-state index contributed by atoms with van der Waals surface area (Å²) in [5.41, 5.74) is 0.505. The molecule has 0 aromatic heterocycles. The van der Waals surface area contributed by atoms with Crippen LogP contribution in [0.3, 0.4) is 0 Å². The van der Waals surface area contributed by atoms with Crippen molar-refractivity contribution in [2.75, 3.05) is 32.7 Å². The Hall–Kier alpha value is -0.120. The molecule has 1 N–H and O–H groups in total. The molecule has 3 saturated heterocycles. The van der Waals surface area contributed by atoms with E-state index in [9.17, 15) is 0 Å². The van der Waals surface area contributed by atoms with E-state index in [2.05, 4.69) is 29.0 Å². The molecule has 0 aromatic carbocycles. The molecule has 2 bridgehead atoms. The second-order valence-electron chi connectivity index (χ2n) is 6.60. The van der Waals surface area contributed by atoms with Crippen LogP contribution in [0.5, 0.6) is 0 Å². The van der Waals surface area contributed by atoms with Gasteiger partial charge in [0, 0.05) is 50.3 Å². The molecule has 17 heavy (non-hydrogen) atoms. The lowest BCUT2D eigenvalue weighted by molar-refractivity contribution is 0.0880. The number of rotatable bonds is 3. The fraction of sp³-hybridized carbons (Fsp3) is 1.00. The van der Waals surface area contributed by atoms with Gasteiger partial charge in [0.25, 0.3) is 0 Å². The molecule has 0 saturated carbocycles. The molecule has 3 heteroatoms. The Labute approximate surface area is 106 Å². The third kappa shape index (κ3) is 2.38. The minimum absolute atomic E-state index is 0.505. The van der Waals surface area contributed by atoms with Crippen molar-refractivity contribution in [2.45, 2.75) is 57.2 Å². The molecule has 0 unspecified atom stereocenters. The molecule has 0 spiro atoms. The minimum Gasteiger partial charge on any atom is -0.307 e. The van der Waals surface area contributed by atoms with E-state index >= 15 is 0 Å². The Morgan fingerprint density at radius 2 is 1.76 bits per heavy atom. The topological polar surface area (TPSA) is 18.5 Å². The van der Waals surface area contributed by atoms with E-state index in [0.717, 1.165) is 12.1 Å². The largest absolute Gasteiger partial charge is 0.307 e. The predicted molar refractivity (Wildman–Crippen MR) is 71.3 cm³/mol. The van der Waals surface area contributed by atoms with Gasteiger partial charge < -0.3 is 5.32 Å². The Balaban J connectivity index is 1.51. The van der Waals surface area contributed by atoms with Crippen molar-refractivity contribution >= 4 is 0 Å². The van der Waals surface area contributed by atoms with Crippen LogP contribution in [0.2, 0.25) is 0 Å². The monoisotopic (exact) mass is 237 g/mol. The van der Waals surface area contributed by atoms with Crippen molar-refractivity contribution in [3.05, 3.63) is 0 Å². The fourth-order valence-electron chi connectivity index (χ4n) is 3.96. The Bertz CT molecular complexity index is 261. The first-order valence-electron chi connectivity index (χ1n) is 7.41. The number of fused-ring (bicyclic) bond motifs is 2. The van der Waals surface area contributed by atoms with E-state index < -0.39 is 0 Å². The summed E-state index contributed by atoms with van der Waals surface area (Å²) in [6.07, 6.45) is 5.68. The smallest absolute Gasteiger partial charge is 0.0312 e. The van der Waals surface area contributed by atoms with Crippen LogP contribution in [0.15, 0.2) is 0 Å². The zero-order chi connectivity index (χ0) is 11.9. The van der Waals surface area contributed by atoms with Crippen LogP contribution in [0.1, 0.15) is 39.5 Å². The van der Waals surface area contributed by atoms with E-state index in [-0.39, 0.29) is 0 Å². The summed E-state index contributed by atoms with van der Waals surface area (Å²) in [6.45, 7) is 11.0. The fourth-order valence-corrected chi connectivity index (χ4v) is 3.96. The summed E-state index contributed by atoms with van der Waals surface area (Å²) < 4.78 is 0. The normalized spacial score (nSPS) is 39.4. The van der Waals surface area contributed by atoms with Crippen molar-refractivity contribution in [2.24, 2.45) is 0 Å². The molecule has 0 atom stereocenters. The average molecular weight is 237 g/mol. The van der Waals surface area contributed by atoms with Gasteiger partial charge in [0.05, 0.1) is 0 Å². The molecule has 0 radical (unpaired) electrons. The van der Waals surface area contributed by atoms with Crippen LogP contribution < -0.4 is 5.32 Å². The molecule has 3 aliphatic heterocycles. The average Bonchev–Trinajstić information content (AvgIpc) is 2.89. The van der Waals surface area contributed by atoms with E-state index in [1.54, 1.807) is 0 Å². The molecule has 0 aliphatic carbocycles. The number of piperazine rings is 1. The first-order valence-corrected chi connectivity index (χ1v) is 7.41. The highest BCUT2D eigenvalue weighted by Crippen LogP contribution is 2.38. The lowest BCUT2D eigenvalue weighted by Gasteiger charge is -2.40. The molecule has 3 heterocycles. The zero-order valence-corrected chi connectivity index (χ0v) is 11.4. The molecule has 98 valence electrons. The van der Waals surface area contributed by atoms with E-state index in [1.807, 2.05) is 0 Å². The van der Waals surface area contributed by atoms with Crippen molar-refractivity contribution in [1.82, 2.24) is 15.1 Å². The van der Waals surface area contributed by atoms with Crippen molar-refractivity contribution in [3.63, 3.8) is 0 Å². The summed E-state index contributed by atoms with van der Waals surface area (Å²) in [5, 5.41) is 3.87. The standard InChI is InChI=1S/C14H27N3/c1-12(2)17-9-7-16(8-10-17)11-14-5-3-13(15-14)4-6-14/h12-13,15H,3-11H2,1-2H3. The van der Waals surface area contributed by atoms with Gasteiger partial charge in [-0.3, -0.25) is 9.80 Å². The van der Waals surface area contributed by atoms with Gasteiger partial charge >= 0.3 is 0 Å². The van der Waals surface area contributed by atoms with Crippen molar-refractivity contribution in [1.29, 1.82) is 0 Å².